The third-order valence-electron chi connectivity index (χ3n) is 3.28. The van der Waals surface area contributed by atoms with E-state index >= 15 is 0 Å². The van der Waals surface area contributed by atoms with Crippen LogP contribution in [-0.2, 0) is 16.1 Å². The number of hydrogen-bond donors (Lipinski definition) is 1. The molecule has 1 saturated heterocycles. The molecule has 1 N–H and O–H groups in total. The van der Waals surface area contributed by atoms with Gasteiger partial charge in [-0.2, -0.15) is 5.10 Å². The maximum atomic E-state index is 12.0. The van der Waals surface area contributed by atoms with E-state index in [1.54, 1.807) is 9.58 Å². The first-order valence-corrected chi connectivity index (χ1v) is 5.99. The average molecular weight is 251 g/mol. The summed E-state index contributed by atoms with van der Waals surface area (Å²) in [5.74, 6) is -1.31. The molecule has 1 aliphatic rings. The topological polar surface area (TPSA) is 75.4 Å². The summed E-state index contributed by atoms with van der Waals surface area (Å²) in [6.07, 6.45) is 0.540. The van der Waals surface area contributed by atoms with Crippen molar-refractivity contribution in [2.75, 3.05) is 13.1 Å². The Kier molecular flexibility index (Phi) is 3.36. The molecular weight excluding hydrogens is 234 g/mol. The molecule has 1 aliphatic heterocycles. The predicted molar refractivity (Wildman–Crippen MR) is 64.0 cm³/mol. The van der Waals surface area contributed by atoms with Crippen molar-refractivity contribution >= 4 is 11.9 Å². The molecule has 2 heterocycles. The van der Waals surface area contributed by atoms with Crippen molar-refractivity contribution in [3.8, 4) is 0 Å². The number of carbonyl (C=O) groups excluding carboxylic acids is 1. The molecule has 2 rings (SSSR count). The summed E-state index contributed by atoms with van der Waals surface area (Å²) in [6.45, 7) is 4.80. The van der Waals surface area contributed by atoms with Gasteiger partial charge < -0.3 is 10.0 Å². The largest absolute Gasteiger partial charge is 0.481 e. The third kappa shape index (κ3) is 2.52. The highest BCUT2D eigenvalue weighted by molar-refractivity contribution is 5.78. The van der Waals surface area contributed by atoms with Gasteiger partial charge in [0.05, 0.1) is 11.6 Å². The Hall–Kier alpha value is -1.85. The molecule has 0 spiro atoms. The van der Waals surface area contributed by atoms with Gasteiger partial charge in [-0.3, -0.25) is 14.3 Å². The van der Waals surface area contributed by atoms with Gasteiger partial charge in [0.2, 0.25) is 5.91 Å². The fourth-order valence-corrected chi connectivity index (χ4v) is 2.25. The standard InChI is InChI=1S/C12H17N3O3/c1-8-5-9(2)15(13-8)7-11(16)14-4-3-10(6-14)12(17)18/h5,10H,3-4,6-7H2,1-2H3,(H,17,18)/t10-/m0/s1. The van der Waals surface area contributed by atoms with Crippen LogP contribution in [0.2, 0.25) is 0 Å². The van der Waals surface area contributed by atoms with E-state index in [1.807, 2.05) is 19.9 Å². The minimum Gasteiger partial charge on any atom is -0.481 e. The quantitative estimate of drug-likeness (QED) is 0.845. The first-order valence-electron chi connectivity index (χ1n) is 5.99. The highest BCUT2D eigenvalue weighted by Crippen LogP contribution is 2.17. The number of amides is 1. The zero-order valence-corrected chi connectivity index (χ0v) is 10.6. The van der Waals surface area contributed by atoms with E-state index in [9.17, 15) is 9.59 Å². The van der Waals surface area contributed by atoms with E-state index in [0.717, 1.165) is 11.4 Å². The van der Waals surface area contributed by atoms with Gasteiger partial charge in [-0.15, -0.1) is 0 Å². The van der Waals surface area contributed by atoms with Gasteiger partial charge in [-0.25, -0.2) is 0 Å². The van der Waals surface area contributed by atoms with Crippen molar-refractivity contribution in [3.05, 3.63) is 17.5 Å². The second-order valence-corrected chi connectivity index (χ2v) is 4.75. The van der Waals surface area contributed by atoms with Gasteiger partial charge in [0.15, 0.2) is 0 Å². The summed E-state index contributed by atoms with van der Waals surface area (Å²) in [5.41, 5.74) is 1.82. The number of rotatable bonds is 3. The van der Waals surface area contributed by atoms with Crippen LogP contribution in [0.5, 0.6) is 0 Å². The lowest BCUT2D eigenvalue weighted by Gasteiger charge is -2.16. The second kappa shape index (κ2) is 4.80. The van der Waals surface area contributed by atoms with Crippen molar-refractivity contribution in [2.45, 2.75) is 26.8 Å². The van der Waals surface area contributed by atoms with Gasteiger partial charge in [-0.1, -0.05) is 0 Å². The van der Waals surface area contributed by atoms with E-state index in [2.05, 4.69) is 5.10 Å². The van der Waals surface area contributed by atoms with Gasteiger partial charge in [0.1, 0.15) is 6.54 Å². The van der Waals surface area contributed by atoms with Crippen LogP contribution in [0.25, 0.3) is 0 Å². The average Bonchev–Trinajstić information content (AvgIpc) is 2.86. The number of carbonyl (C=O) groups is 2. The van der Waals surface area contributed by atoms with Crippen LogP contribution in [-0.4, -0.2) is 44.8 Å². The van der Waals surface area contributed by atoms with Gasteiger partial charge in [-0.05, 0) is 26.3 Å². The summed E-state index contributed by atoms with van der Waals surface area (Å²) in [6, 6.07) is 1.91. The Morgan fingerprint density at radius 2 is 2.22 bits per heavy atom. The van der Waals surface area contributed by atoms with Crippen LogP contribution in [0, 0.1) is 19.8 Å². The maximum absolute atomic E-state index is 12.0. The van der Waals surface area contributed by atoms with Gasteiger partial charge in [0.25, 0.3) is 0 Å². The van der Waals surface area contributed by atoms with Gasteiger partial charge >= 0.3 is 5.97 Å². The number of nitrogens with zero attached hydrogens (tertiary/aromatic N) is 3. The molecule has 0 aliphatic carbocycles. The van der Waals surface area contributed by atoms with E-state index in [-0.39, 0.29) is 12.5 Å². The minimum absolute atomic E-state index is 0.0649. The molecule has 0 radical (unpaired) electrons. The maximum Gasteiger partial charge on any atom is 0.308 e. The van der Waals surface area contributed by atoms with Crippen LogP contribution in [0.3, 0.4) is 0 Å². The zero-order chi connectivity index (χ0) is 13.3. The molecule has 1 fully saturated rings. The molecule has 6 nitrogen and oxygen atoms in total. The highest BCUT2D eigenvalue weighted by atomic mass is 16.4. The first-order chi connectivity index (χ1) is 8.47. The summed E-state index contributed by atoms with van der Waals surface area (Å²) >= 11 is 0. The lowest BCUT2D eigenvalue weighted by atomic mass is 10.1. The molecule has 1 atom stereocenters. The fraction of sp³-hybridized carbons (Fsp3) is 0.583. The Morgan fingerprint density at radius 3 is 2.72 bits per heavy atom. The number of aromatic nitrogens is 2. The van der Waals surface area contributed by atoms with Crippen molar-refractivity contribution in [3.63, 3.8) is 0 Å². The number of hydrogen-bond acceptors (Lipinski definition) is 3. The van der Waals surface area contributed by atoms with Crippen LogP contribution >= 0.6 is 0 Å². The van der Waals surface area contributed by atoms with E-state index in [1.165, 1.54) is 0 Å². The second-order valence-electron chi connectivity index (χ2n) is 4.75. The SMILES string of the molecule is Cc1cc(C)n(CC(=O)N2CC[C@H](C(=O)O)C2)n1. The Labute approximate surface area is 105 Å². The van der Waals surface area contributed by atoms with Crippen molar-refractivity contribution in [1.82, 2.24) is 14.7 Å². The Morgan fingerprint density at radius 1 is 1.50 bits per heavy atom. The minimum atomic E-state index is -0.823. The molecule has 0 unspecified atom stereocenters. The van der Waals surface area contributed by atoms with Gasteiger partial charge in [0, 0.05) is 18.8 Å². The molecular formula is C12H17N3O3. The number of aliphatic carboxylic acids is 1. The molecule has 0 aromatic carbocycles. The lowest BCUT2D eigenvalue weighted by molar-refractivity contribution is -0.141. The van der Waals surface area contributed by atoms with Crippen molar-refractivity contribution < 1.29 is 14.7 Å². The lowest BCUT2D eigenvalue weighted by Crippen LogP contribution is -2.33. The predicted octanol–water partition coefficient (Wildman–Crippen LogP) is 0.433. The van der Waals surface area contributed by atoms with E-state index < -0.39 is 11.9 Å². The number of carboxylic acid groups (broad SMARTS) is 1. The first kappa shape index (κ1) is 12.6. The number of likely N-dealkylation sites (tertiary alicyclic amines) is 1. The van der Waals surface area contributed by atoms with Crippen LogP contribution < -0.4 is 0 Å². The smallest absolute Gasteiger partial charge is 0.308 e. The van der Waals surface area contributed by atoms with E-state index in [4.69, 9.17) is 5.11 Å². The van der Waals surface area contributed by atoms with Crippen LogP contribution in [0.1, 0.15) is 17.8 Å². The summed E-state index contributed by atoms with van der Waals surface area (Å²) < 4.78 is 1.66. The molecule has 18 heavy (non-hydrogen) atoms. The molecule has 1 aromatic rings. The number of carboxylic acids is 1. The third-order valence-corrected chi connectivity index (χ3v) is 3.28. The summed E-state index contributed by atoms with van der Waals surface area (Å²) in [5, 5.41) is 13.1. The normalized spacial score (nSPS) is 19.2. The molecule has 1 aromatic heterocycles. The molecule has 1 amide bonds. The van der Waals surface area contributed by atoms with Crippen molar-refractivity contribution in [1.29, 1.82) is 0 Å². The van der Waals surface area contributed by atoms with Crippen molar-refractivity contribution in [2.24, 2.45) is 5.92 Å². The Balaban J connectivity index is 1.97. The van der Waals surface area contributed by atoms with Crippen LogP contribution in [0.15, 0.2) is 6.07 Å². The van der Waals surface area contributed by atoms with E-state index in [0.29, 0.717) is 19.5 Å². The summed E-state index contributed by atoms with van der Waals surface area (Å²) in [7, 11) is 0. The zero-order valence-electron chi connectivity index (χ0n) is 10.6. The Bertz CT molecular complexity index is 481. The highest BCUT2D eigenvalue weighted by Gasteiger charge is 2.30. The summed E-state index contributed by atoms with van der Waals surface area (Å²) in [4.78, 5) is 24.5. The molecule has 6 heteroatoms. The molecule has 98 valence electrons. The monoisotopic (exact) mass is 251 g/mol. The fourth-order valence-electron chi connectivity index (χ4n) is 2.25. The molecule has 0 bridgehead atoms. The number of aryl methyl sites for hydroxylation is 2. The van der Waals surface area contributed by atoms with Crippen LogP contribution in [0.4, 0.5) is 0 Å². The molecule has 0 saturated carbocycles.